The van der Waals surface area contributed by atoms with Gasteiger partial charge in [-0.2, -0.15) is 0 Å². The number of anilines is 1. The number of amides is 2. The van der Waals surface area contributed by atoms with Crippen LogP contribution in [0.3, 0.4) is 0 Å². The van der Waals surface area contributed by atoms with Crippen LogP contribution in [0.5, 0.6) is 0 Å². The van der Waals surface area contributed by atoms with Gasteiger partial charge in [0.25, 0.3) is 0 Å². The Morgan fingerprint density at radius 3 is 1.61 bits per heavy atom. The quantitative estimate of drug-likeness (QED) is 0.422. The zero-order valence-electron chi connectivity index (χ0n) is 17.7. The second-order valence-corrected chi connectivity index (χ2v) is 8.61. The van der Waals surface area contributed by atoms with Crippen LogP contribution in [0.2, 0.25) is 0 Å². The number of carbonyl (C=O) groups excluding carboxylic acids is 2. The predicted molar refractivity (Wildman–Crippen MR) is 123 cm³/mol. The number of rotatable bonds is 3. The highest BCUT2D eigenvalue weighted by molar-refractivity contribution is 6.23. The van der Waals surface area contributed by atoms with E-state index in [0.29, 0.717) is 5.69 Å². The lowest BCUT2D eigenvalue weighted by atomic mass is 9.68. The number of imide groups is 1. The molecule has 4 unspecified atom stereocenters. The fourth-order valence-electron chi connectivity index (χ4n) is 5.13. The van der Waals surface area contributed by atoms with Crippen LogP contribution in [0.1, 0.15) is 34.1 Å². The van der Waals surface area contributed by atoms with E-state index in [2.05, 4.69) is 12.2 Å². The first kappa shape index (κ1) is 19.5. The van der Waals surface area contributed by atoms with Gasteiger partial charge in [0.1, 0.15) is 0 Å². The summed E-state index contributed by atoms with van der Waals surface area (Å²) in [5.41, 5.74) is 4.83. The average molecular weight is 408 g/mol. The number of hydrogen-bond donors (Lipinski definition) is 0. The molecule has 1 aliphatic heterocycles. The lowest BCUT2D eigenvalue weighted by Crippen LogP contribution is -2.32. The Balaban J connectivity index is 1.65. The molecule has 4 atom stereocenters. The van der Waals surface area contributed by atoms with E-state index in [4.69, 9.17) is 0 Å². The third kappa shape index (κ3) is 3.21. The Morgan fingerprint density at radius 1 is 0.645 bits per heavy atom. The molecular weight excluding hydrogens is 382 g/mol. The molecule has 3 heteroatoms. The Kier molecular flexibility index (Phi) is 4.82. The molecule has 0 aromatic heterocycles. The standard InChI is InChI=1S/C28H25NO2/c1-18-13-14-19(2)24(17-18)29-27(30)25-22(20-9-5-3-6-10-20)15-16-23(26(25)28(29)31)21-11-7-4-8-12-21/h3-17,22-23,25-26H,1-2H3. The van der Waals surface area contributed by atoms with Crippen molar-refractivity contribution >= 4 is 17.5 Å². The Bertz CT molecular complexity index is 1100. The molecule has 0 spiro atoms. The summed E-state index contributed by atoms with van der Waals surface area (Å²) in [5.74, 6) is -1.24. The van der Waals surface area contributed by atoms with E-state index in [1.807, 2.05) is 92.7 Å². The molecular formula is C28H25NO2. The Morgan fingerprint density at radius 2 is 1.13 bits per heavy atom. The van der Waals surface area contributed by atoms with Gasteiger partial charge in [0.05, 0.1) is 17.5 Å². The van der Waals surface area contributed by atoms with Crippen LogP contribution in [0, 0.1) is 25.7 Å². The second-order valence-electron chi connectivity index (χ2n) is 8.61. The van der Waals surface area contributed by atoms with Crippen molar-refractivity contribution in [3.8, 4) is 0 Å². The van der Waals surface area contributed by atoms with Crippen molar-refractivity contribution in [2.24, 2.45) is 11.8 Å². The molecule has 1 saturated heterocycles. The van der Waals surface area contributed by atoms with Gasteiger partial charge < -0.3 is 0 Å². The maximum Gasteiger partial charge on any atom is 0.238 e. The third-order valence-electron chi connectivity index (χ3n) is 6.67. The Hall–Kier alpha value is -3.46. The number of nitrogens with zero attached hydrogens (tertiary/aromatic N) is 1. The zero-order valence-corrected chi connectivity index (χ0v) is 17.7. The molecule has 0 bridgehead atoms. The molecule has 0 saturated carbocycles. The lowest BCUT2D eigenvalue weighted by molar-refractivity contribution is -0.122. The third-order valence-corrected chi connectivity index (χ3v) is 6.67. The van der Waals surface area contributed by atoms with Crippen molar-refractivity contribution < 1.29 is 9.59 Å². The molecule has 2 amide bonds. The first-order valence-corrected chi connectivity index (χ1v) is 10.8. The number of benzene rings is 3. The van der Waals surface area contributed by atoms with Gasteiger partial charge in [-0.3, -0.25) is 9.59 Å². The first-order chi connectivity index (χ1) is 15.1. The number of allylic oxidation sites excluding steroid dienone is 2. The minimum Gasteiger partial charge on any atom is -0.274 e. The molecule has 31 heavy (non-hydrogen) atoms. The number of aryl methyl sites for hydroxylation is 2. The minimum absolute atomic E-state index is 0.0946. The summed E-state index contributed by atoms with van der Waals surface area (Å²) < 4.78 is 0. The molecule has 0 radical (unpaired) electrons. The summed E-state index contributed by atoms with van der Waals surface area (Å²) in [6.07, 6.45) is 4.26. The first-order valence-electron chi connectivity index (χ1n) is 10.8. The molecule has 3 aromatic carbocycles. The van der Waals surface area contributed by atoms with E-state index in [1.54, 1.807) is 0 Å². The highest BCUT2D eigenvalue weighted by Crippen LogP contribution is 2.50. The fourth-order valence-corrected chi connectivity index (χ4v) is 5.13. The number of hydrogen-bond acceptors (Lipinski definition) is 2. The monoisotopic (exact) mass is 407 g/mol. The summed E-state index contributed by atoms with van der Waals surface area (Å²) in [6.45, 7) is 3.95. The largest absolute Gasteiger partial charge is 0.274 e. The summed E-state index contributed by atoms with van der Waals surface area (Å²) in [4.78, 5) is 29.1. The SMILES string of the molecule is Cc1ccc(C)c(N2C(=O)C3C(c4ccccc4)C=CC(c4ccccc4)C3C2=O)c1. The van der Waals surface area contributed by atoms with E-state index in [0.717, 1.165) is 22.3 Å². The van der Waals surface area contributed by atoms with Crippen molar-refractivity contribution in [1.82, 2.24) is 0 Å². The summed E-state index contributed by atoms with van der Waals surface area (Å²) >= 11 is 0. The number of carbonyl (C=O) groups is 2. The Labute approximate surface area is 183 Å². The molecule has 3 nitrogen and oxygen atoms in total. The van der Waals surface area contributed by atoms with Crippen LogP contribution in [0.15, 0.2) is 91.0 Å². The van der Waals surface area contributed by atoms with Crippen LogP contribution in [-0.2, 0) is 9.59 Å². The topological polar surface area (TPSA) is 37.4 Å². The van der Waals surface area contributed by atoms with E-state index in [9.17, 15) is 9.59 Å². The van der Waals surface area contributed by atoms with Gasteiger partial charge in [-0.25, -0.2) is 4.90 Å². The highest BCUT2D eigenvalue weighted by Gasteiger charge is 2.55. The van der Waals surface area contributed by atoms with Crippen molar-refractivity contribution in [3.05, 3.63) is 113 Å². The van der Waals surface area contributed by atoms with Crippen LogP contribution in [0.4, 0.5) is 5.69 Å². The van der Waals surface area contributed by atoms with E-state index < -0.39 is 11.8 Å². The van der Waals surface area contributed by atoms with Crippen LogP contribution >= 0.6 is 0 Å². The van der Waals surface area contributed by atoms with E-state index in [-0.39, 0.29) is 23.7 Å². The molecule has 1 fully saturated rings. The van der Waals surface area contributed by atoms with Crippen LogP contribution in [-0.4, -0.2) is 11.8 Å². The van der Waals surface area contributed by atoms with Gasteiger partial charge in [-0.15, -0.1) is 0 Å². The minimum atomic E-state index is -0.412. The van der Waals surface area contributed by atoms with Crippen molar-refractivity contribution in [1.29, 1.82) is 0 Å². The van der Waals surface area contributed by atoms with Gasteiger partial charge >= 0.3 is 0 Å². The molecule has 2 aliphatic rings. The van der Waals surface area contributed by atoms with Gasteiger partial charge in [-0.1, -0.05) is 84.9 Å². The predicted octanol–water partition coefficient (Wildman–Crippen LogP) is 5.55. The molecule has 1 heterocycles. The van der Waals surface area contributed by atoms with Gasteiger partial charge in [0.15, 0.2) is 0 Å². The van der Waals surface area contributed by atoms with Crippen molar-refractivity contribution in [2.45, 2.75) is 25.7 Å². The highest BCUT2D eigenvalue weighted by atomic mass is 16.2. The molecule has 154 valence electrons. The molecule has 0 N–H and O–H groups in total. The van der Waals surface area contributed by atoms with Crippen LogP contribution < -0.4 is 4.90 Å². The van der Waals surface area contributed by atoms with Gasteiger partial charge in [0.2, 0.25) is 11.8 Å². The van der Waals surface area contributed by atoms with Crippen LogP contribution in [0.25, 0.3) is 0 Å². The van der Waals surface area contributed by atoms with E-state index in [1.165, 1.54) is 4.90 Å². The molecule has 3 aromatic rings. The second kappa shape index (κ2) is 7.66. The average Bonchev–Trinajstić information content (AvgIpc) is 3.07. The van der Waals surface area contributed by atoms with Crippen molar-refractivity contribution in [3.63, 3.8) is 0 Å². The fraction of sp³-hybridized carbons (Fsp3) is 0.214. The smallest absolute Gasteiger partial charge is 0.238 e. The molecule has 1 aliphatic carbocycles. The maximum absolute atomic E-state index is 13.8. The van der Waals surface area contributed by atoms with Crippen molar-refractivity contribution in [2.75, 3.05) is 4.90 Å². The zero-order chi connectivity index (χ0) is 21.5. The lowest BCUT2D eigenvalue weighted by Gasteiger charge is -2.32. The summed E-state index contributed by atoms with van der Waals surface area (Å²) in [7, 11) is 0. The van der Waals surface area contributed by atoms with Gasteiger partial charge in [-0.05, 0) is 42.2 Å². The van der Waals surface area contributed by atoms with Gasteiger partial charge in [0, 0.05) is 11.8 Å². The normalized spacial score (nSPS) is 25.0. The van der Waals surface area contributed by atoms with E-state index >= 15 is 0 Å². The summed E-state index contributed by atoms with van der Waals surface area (Å²) in [6, 6.07) is 26.1. The number of fused-ring (bicyclic) bond motifs is 1. The maximum atomic E-state index is 13.8. The molecule has 5 rings (SSSR count). The summed E-state index contributed by atoms with van der Waals surface area (Å²) in [5, 5.41) is 0.